The van der Waals surface area contributed by atoms with Crippen LogP contribution in [0.3, 0.4) is 0 Å². The Labute approximate surface area is 142 Å². The minimum Gasteiger partial charge on any atom is -0.403 e. The highest BCUT2D eigenvalue weighted by atomic mass is 35.5. The summed E-state index contributed by atoms with van der Waals surface area (Å²) in [4.78, 5) is 12.8. The molecule has 3 rings (SSSR count). The summed E-state index contributed by atoms with van der Waals surface area (Å²) < 4.78 is 6.18. The van der Waals surface area contributed by atoms with Crippen LogP contribution in [-0.4, -0.2) is 16.1 Å². The third-order valence-electron chi connectivity index (χ3n) is 3.25. The fraction of sp³-hybridized carbons (Fsp3) is 0.188. The number of aromatic nitrogens is 2. The van der Waals surface area contributed by atoms with Crippen LogP contribution in [0.25, 0.3) is 11.5 Å². The molecule has 0 fully saturated rings. The molecule has 0 aliphatic carbocycles. The first-order valence-electron chi connectivity index (χ1n) is 6.96. The number of aryl methyl sites for hydroxylation is 2. The largest absolute Gasteiger partial charge is 0.403 e. The van der Waals surface area contributed by atoms with Gasteiger partial charge in [0.25, 0.3) is 0 Å². The Bertz CT molecular complexity index is 857. The van der Waals surface area contributed by atoms with Crippen LogP contribution in [0.2, 0.25) is 4.34 Å². The van der Waals surface area contributed by atoms with Crippen LogP contribution in [0.1, 0.15) is 16.0 Å². The fourth-order valence-corrected chi connectivity index (χ4v) is 3.29. The predicted molar refractivity (Wildman–Crippen MR) is 90.9 cm³/mol. The van der Waals surface area contributed by atoms with Crippen LogP contribution in [0.4, 0.5) is 6.01 Å². The van der Waals surface area contributed by atoms with E-state index in [0.29, 0.717) is 10.2 Å². The van der Waals surface area contributed by atoms with Crippen LogP contribution in [0.15, 0.2) is 34.7 Å². The Morgan fingerprint density at radius 1 is 1.26 bits per heavy atom. The van der Waals surface area contributed by atoms with E-state index in [9.17, 15) is 4.79 Å². The number of halogens is 1. The Hall–Kier alpha value is -2.18. The molecule has 2 heterocycles. The maximum Gasteiger partial charge on any atom is 0.322 e. The van der Waals surface area contributed by atoms with Crippen molar-refractivity contribution in [1.82, 2.24) is 10.2 Å². The second kappa shape index (κ2) is 6.52. The lowest BCUT2D eigenvalue weighted by molar-refractivity contribution is -0.115. The van der Waals surface area contributed by atoms with Gasteiger partial charge in [0.15, 0.2) is 0 Å². The fourth-order valence-electron chi connectivity index (χ4n) is 2.20. The number of carbonyl (C=O) groups excluding carboxylic acids is 1. The van der Waals surface area contributed by atoms with Gasteiger partial charge in [-0.15, -0.1) is 16.4 Å². The normalized spacial score (nSPS) is 10.7. The van der Waals surface area contributed by atoms with E-state index in [-0.39, 0.29) is 18.3 Å². The van der Waals surface area contributed by atoms with Crippen LogP contribution in [0.5, 0.6) is 0 Å². The lowest BCUT2D eigenvalue weighted by Gasteiger charge is -2.02. The molecule has 2 aromatic heterocycles. The number of nitrogens with one attached hydrogen (secondary N) is 1. The van der Waals surface area contributed by atoms with Crippen molar-refractivity contribution in [2.24, 2.45) is 0 Å². The number of thiophene rings is 1. The Morgan fingerprint density at radius 2 is 2.09 bits per heavy atom. The van der Waals surface area contributed by atoms with E-state index in [4.69, 9.17) is 16.0 Å². The summed E-state index contributed by atoms with van der Waals surface area (Å²) in [6.45, 7) is 4.00. The maximum absolute atomic E-state index is 12.0. The zero-order chi connectivity index (χ0) is 16.4. The van der Waals surface area contributed by atoms with Crippen molar-refractivity contribution >= 4 is 34.9 Å². The van der Waals surface area contributed by atoms with E-state index in [2.05, 4.69) is 15.5 Å². The SMILES string of the molecule is Cc1ccc(-c2nnc(NC(=O)Cc3ccc(Cl)s3)o2)c(C)c1. The Morgan fingerprint density at radius 3 is 2.78 bits per heavy atom. The summed E-state index contributed by atoms with van der Waals surface area (Å²) in [6, 6.07) is 9.62. The molecule has 0 saturated carbocycles. The second-order valence-corrected chi connectivity index (χ2v) is 6.96. The first-order chi connectivity index (χ1) is 11.0. The van der Waals surface area contributed by atoms with Gasteiger partial charge in [-0.3, -0.25) is 10.1 Å². The molecule has 5 nitrogen and oxygen atoms in total. The summed E-state index contributed by atoms with van der Waals surface area (Å²) in [5.41, 5.74) is 3.06. The Balaban J connectivity index is 1.70. The van der Waals surface area contributed by atoms with Gasteiger partial charge in [-0.25, -0.2) is 0 Å². The second-order valence-electron chi connectivity index (χ2n) is 5.16. The molecule has 0 atom stereocenters. The molecule has 1 aromatic carbocycles. The lowest BCUT2D eigenvalue weighted by Crippen LogP contribution is -2.13. The molecule has 0 saturated heterocycles. The molecular formula is C16H14ClN3O2S. The van der Waals surface area contributed by atoms with Gasteiger partial charge in [0, 0.05) is 10.4 Å². The molecule has 0 aliphatic heterocycles. The van der Waals surface area contributed by atoms with E-state index < -0.39 is 0 Å². The van der Waals surface area contributed by atoms with E-state index in [1.807, 2.05) is 38.1 Å². The number of hydrogen-bond donors (Lipinski definition) is 1. The van der Waals surface area contributed by atoms with Gasteiger partial charge < -0.3 is 4.42 Å². The van der Waals surface area contributed by atoms with E-state index in [0.717, 1.165) is 21.6 Å². The highest BCUT2D eigenvalue weighted by Crippen LogP contribution is 2.25. The monoisotopic (exact) mass is 347 g/mol. The molecule has 7 heteroatoms. The van der Waals surface area contributed by atoms with Crippen LogP contribution in [-0.2, 0) is 11.2 Å². The third kappa shape index (κ3) is 3.78. The van der Waals surface area contributed by atoms with Crippen molar-refractivity contribution < 1.29 is 9.21 Å². The van der Waals surface area contributed by atoms with Gasteiger partial charge in [0.1, 0.15) is 0 Å². The van der Waals surface area contributed by atoms with Gasteiger partial charge in [-0.1, -0.05) is 34.4 Å². The summed E-state index contributed by atoms with van der Waals surface area (Å²) in [5, 5.41) is 10.5. The molecule has 1 N–H and O–H groups in total. The predicted octanol–water partition coefficient (Wildman–Crippen LogP) is 4.25. The summed E-state index contributed by atoms with van der Waals surface area (Å²) in [6.07, 6.45) is 0.221. The molecular weight excluding hydrogens is 334 g/mol. The molecule has 118 valence electrons. The van der Waals surface area contributed by atoms with Crippen molar-refractivity contribution in [3.8, 4) is 11.5 Å². The van der Waals surface area contributed by atoms with Crippen LogP contribution < -0.4 is 5.32 Å². The highest BCUT2D eigenvalue weighted by Gasteiger charge is 2.14. The van der Waals surface area contributed by atoms with Crippen molar-refractivity contribution in [2.75, 3.05) is 5.32 Å². The number of rotatable bonds is 4. The highest BCUT2D eigenvalue weighted by molar-refractivity contribution is 7.16. The molecule has 0 unspecified atom stereocenters. The minimum atomic E-state index is -0.223. The van der Waals surface area contributed by atoms with E-state index >= 15 is 0 Å². The number of anilines is 1. The molecule has 0 aliphatic rings. The van der Waals surface area contributed by atoms with Gasteiger partial charge in [-0.05, 0) is 37.6 Å². The number of nitrogens with zero attached hydrogens (tertiary/aromatic N) is 2. The van der Waals surface area contributed by atoms with Crippen molar-refractivity contribution in [2.45, 2.75) is 20.3 Å². The molecule has 1 amide bonds. The first-order valence-corrected chi connectivity index (χ1v) is 8.16. The zero-order valence-electron chi connectivity index (χ0n) is 12.6. The quantitative estimate of drug-likeness (QED) is 0.766. The molecule has 0 spiro atoms. The van der Waals surface area contributed by atoms with E-state index in [1.54, 1.807) is 6.07 Å². The number of benzene rings is 1. The average molecular weight is 348 g/mol. The van der Waals surface area contributed by atoms with Crippen LogP contribution in [0, 0.1) is 13.8 Å². The van der Waals surface area contributed by atoms with Gasteiger partial charge >= 0.3 is 6.01 Å². The maximum atomic E-state index is 12.0. The first kappa shape index (κ1) is 15.7. The molecule has 0 radical (unpaired) electrons. The topological polar surface area (TPSA) is 68.0 Å². The lowest BCUT2D eigenvalue weighted by atomic mass is 10.1. The van der Waals surface area contributed by atoms with Gasteiger partial charge in [-0.2, -0.15) is 0 Å². The van der Waals surface area contributed by atoms with Crippen molar-refractivity contribution in [1.29, 1.82) is 0 Å². The summed E-state index contributed by atoms with van der Waals surface area (Å²) in [5.74, 6) is 0.163. The smallest absolute Gasteiger partial charge is 0.322 e. The van der Waals surface area contributed by atoms with Gasteiger partial charge in [0.05, 0.1) is 10.8 Å². The summed E-state index contributed by atoms with van der Waals surface area (Å²) >= 11 is 7.22. The molecule has 0 bridgehead atoms. The standard InChI is InChI=1S/C16H14ClN3O2S/c1-9-3-5-12(10(2)7-9)15-19-20-16(22-15)18-14(21)8-11-4-6-13(17)23-11/h3-7H,8H2,1-2H3,(H,18,20,21). The molecule has 3 aromatic rings. The number of hydrogen-bond acceptors (Lipinski definition) is 5. The molecule has 23 heavy (non-hydrogen) atoms. The summed E-state index contributed by atoms with van der Waals surface area (Å²) in [7, 11) is 0. The van der Waals surface area contributed by atoms with Gasteiger partial charge in [0.2, 0.25) is 11.8 Å². The Kier molecular flexibility index (Phi) is 4.45. The van der Waals surface area contributed by atoms with Crippen molar-refractivity contribution in [3.05, 3.63) is 50.7 Å². The van der Waals surface area contributed by atoms with Crippen LogP contribution >= 0.6 is 22.9 Å². The minimum absolute atomic E-state index is 0.0904. The average Bonchev–Trinajstić information content (AvgIpc) is 3.08. The number of amides is 1. The van der Waals surface area contributed by atoms with Crippen molar-refractivity contribution in [3.63, 3.8) is 0 Å². The zero-order valence-corrected chi connectivity index (χ0v) is 14.2. The number of carbonyl (C=O) groups is 1. The third-order valence-corrected chi connectivity index (χ3v) is 4.48. The van der Waals surface area contributed by atoms with E-state index in [1.165, 1.54) is 11.3 Å².